The van der Waals surface area contributed by atoms with Gasteiger partial charge in [-0.05, 0) is 6.92 Å². The minimum Gasteiger partial charge on any atom is -0.383 e. The number of nitrogens with zero attached hydrogens (tertiary/aromatic N) is 2. The average molecular weight is 372 g/mol. The number of carbonyl (C=O) groups is 2. The van der Waals surface area contributed by atoms with Gasteiger partial charge in [-0.2, -0.15) is 5.10 Å². The molecule has 1 aromatic heterocycles. The normalized spacial score (nSPS) is 19.4. The van der Waals surface area contributed by atoms with Crippen LogP contribution in [0.2, 0.25) is 0 Å². The van der Waals surface area contributed by atoms with Gasteiger partial charge in [0.15, 0.2) is 6.29 Å². The second kappa shape index (κ2) is 8.65. The largest absolute Gasteiger partial charge is 0.383 e. The molecule has 0 bridgehead atoms. The molecule has 3 rings (SSSR count). The molecule has 27 heavy (non-hydrogen) atoms. The van der Waals surface area contributed by atoms with Gasteiger partial charge in [-0.3, -0.25) is 15.4 Å². The van der Waals surface area contributed by atoms with E-state index in [1.807, 2.05) is 37.3 Å². The van der Waals surface area contributed by atoms with Crippen LogP contribution in [0.4, 0.5) is 10.6 Å². The fraction of sp³-hybridized carbons (Fsp3) is 0.389. The average Bonchev–Trinajstić information content (AvgIpc) is 3.06. The predicted octanol–water partition coefficient (Wildman–Crippen LogP) is 1.27. The molecule has 2 unspecified atom stereocenters. The van der Waals surface area contributed by atoms with Crippen LogP contribution < -0.4 is 21.3 Å². The number of methoxy groups -OCH3 is 1. The first-order valence-corrected chi connectivity index (χ1v) is 8.81. The Labute approximate surface area is 157 Å². The monoisotopic (exact) mass is 372 g/mol. The summed E-state index contributed by atoms with van der Waals surface area (Å²) in [6.45, 7) is 2.73. The van der Waals surface area contributed by atoms with Crippen LogP contribution in [0, 0.1) is 0 Å². The Morgan fingerprint density at radius 2 is 2.15 bits per heavy atom. The molecule has 1 aromatic carbocycles. The van der Waals surface area contributed by atoms with Crippen LogP contribution in [0.5, 0.6) is 0 Å². The minimum atomic E-state index is -0.548. The highest BCUT2D eigenvalue weighted by Crippen LogP contribution is 2.24. The Hall–Kier alpha value is -2.91. The smallest absolute Gasteiger partial charge is 0.320 e. The molecule has 0 spiro atoms. The van der Waals surface area contributed by atoms with Gasteiger partial charge in [-0.15, -0.1) is 0 Å². The van der Waals surface area contributed by atoms with Crippen LogP contribution in [0.25, 0.3) is 11.3 Å². The lowest BCUT2D eigenvalue weighted by Gasteiger charge is -2.30. The molecular weight excluding hydrogens is 348 g/mol. The van der Waals surface area contributed by atoms with Gasteiger partial charge in [-0.1, -0.05) is 30.3 Å². The molecule has 0 radical (unpaired) electrons. The van der Waals surface area contributed by atoms with E-state index in [-0.39, 0.29) is 18.0 Å². The zero-order valence-electron chi connectivity index (χ0n) is 15.4. The first-order chi connectivity index (χ1) is 13.1. The van der Waals surface area contributed by atoms with Gasteiger partial charge >= 0.3 is 6.03 Å². The van der Waals surface area contributed by atoms with Crippen LogP contribution in [0.1, 0.15) is 19.6 Å². The Kier molecular flexibility index (Phi) is 6.05. The maximum atomic E-state index is 12.2. The van der Waals surface area contributed by atoms with E-state index in [1.165, 1.54) is 0 Å². The lowest BCUT2D eigenvalue weighted by molar-refractivity contribution is -0.125. The van der Waals surface area contributed by atoms with E-state index in [0.717, 1.165) is 5.56 Å². The van der Waals surface area contributed by atoms with E-state index < -0.39 is 6.29 Å². The molecule has 3 amide bonds. The standard InChI is InChI=1S/C18H24N6O3/c1-12-10-16(25)22-17(20-12)24-15(21-18(26)19-8-9-27-2)11-14(23-24)13-6-4-3-5-7-13/h3-7,11-12,17,20H,8-10H2,1-2H3,(H,22,25)(H2,19,21,26). The number of urea groups is 1. The van der Waals surface area contributed by atoms with E-state index in [2.05, 4.69) is 26.4 Å². The first kappa shape index (κ1) is 18.9. The number of rotatable bonds is 6. The molecule has 1 aliphatic heterocycles. The van der Waals surface area contributed by atoms with Crippen LogP contribution in [-0.2, 0) is 9.53 Å². The maximum absolute atomic E-state index is 12.2. The van der Waals surface area contributed by atoms with E-state index >= 15 is 0 Å². The Balaban J connectivity index is 1.86. The molecule has 1 fully saturated rings. The molecule has 4 N–H and O–H groups in total. The number of nitrogens with one attached hydrogen (secondary N) is 4. The first-order valence-electron chi connectivity index (χ1n) is 8.81. The van der Waals surface area contributed by atoms with Crippen molar-refractivity contribution in [3.05, 3.63) is 36.4 Å². The summed E-state index contributed by atoms with van der Waals surface area (Å²) in [4.78, 5) is 24.1. The van der Waals surface area contributed by atoms with Gasteiger partial charge in [0.25, 0.3) is 0 Å². The van der Waals surface area contributed by atoms with Crippen molar-refractivity contribution in [2.45, 2.75) is 25.7 Å². The molecule has 144 valence electrons. The molecule has 2 aromatic rings. The van der Waals surface area contributed by atoms with E-state index in [4.69, 9.17) is 4.74 Å². The number of hydrogen-bond donors (Lipinski definition) is 4. The summed E-state index contributed by atoms with van der Waals surface area (Å²) in [7, 11) is 1.57. The molecule has 2 heterocycles. The van der Waals surface area contributed by atoms with Gasteiger partial charge < -0.3 is 15.4 Å². The number of aromatic nitrogens is 2. The summed E-state index contributed by atoms with van der Waals surface area (Å²) in [5, 5.41) is 16.2. The number of hydrogen-bond acceptors (Lipinski definition) is 5. The van der Waals surface area contributed by atoms with Crippen molar-refractivity contribution in [3.63, 3.8) is 0 Å². The van der Waals surface area contributed by atoms with Gasteiger partial charge in [0.2, 0.25) is 5.91 Å². The highest BCUT2D eigenvalue weighted by molar-refractivity contribution is 5.89. The molecule has 1 saturated heterocycles. The molecule has 0 aliphatic carbocycles. The highest BCUT2D eigenvalue weighted by atomic mass is 16.5. The number of ether oxygens (including phenoxy) is 1. The van der Waals surface area contributed by atoms with Crippen molar-refractivity contribution >= 4 is 17.8 Å². The van der Waals surface area contributed by atoms with E-state index in [0.29, 0.717) is 31.1 Å². The maximum Gasteiger partial charge on any atom is 0.320 e. The summed E-state index contributed by atoms with van der Waals surface area (Å²) < 4.78 is 6.50. The summed E-state index contributed by atoms with van der Waals surface area (Å²) in [5.41, 5.74) is 1.60. The second-order valence-electron chi connectivity index (χ2n) is 6.34. The van der Waals surface area contributed by atoms with Crippen molar-refractivity contribution in [2.24, 2.45) is 0 Å². The third-order valence-corrected chi connectivity index (χ3v) is 4.11. The van der Waals surface area contributed by atoms with Crippen LogP contribution in [0.3, 0.4) is 0 Å². The quantitative estimate of drug-likeness (QED) is 0.571. The van der Waals surface area contributed by atoms with Crippen LogP contribution in [-0.4, -0.2) is 48.0 Å². The zero-order chi connectivity index (χ0) is 19.2. The number of benzene rings is 1. The number of anilines is 1. The topological polar surface area (TPSA) is 109 Å². The van der Waals surface area contributed by atoms with Crippen molar-refractivity contribution in [1.29, 1.82) is 0 Å². The highest BCUT2D eigenvalue weighted by Gasteiger charge is 2.27. The summed E-state index contributed by atoms with van der Waals surface area (Å²) >= 11 is 0. The van der Waals surface area contributed by atoms with Gasteiger partial charge in [0.1, 0.15) is 5.82 Å². The van der Waals surface area contributed by atoms with E-state index in [1.54, 1.807) is 17.9 Å². The minimum absolute atomic E-state index is 0.00324. The predicted molar refractivity (Wildman–Crippen MR) is 101 cm³/mol. The fourth-order valence-electron chi connectivity index (χ4n) is 2.85. The molecule has 1 aliphatic rings. The lowest BCUT2D eigenvalue weighted by atomic mass is 10.2. The second-order valence-corrected chi connectivity index (χ2v) is 6.34. The number of amides is 3. The lowest BCUT2D eigenvalue weighted by Crippen LogP contribution is -2.52. The molecular formula is C18H24N6O3. The fourth-order valence-corrected chi connectivity index (χ4v) is 2.85. The Bertz CT molecular complexity index is 792. The Morgan fingerprint density at radius 3 is 2.85 bits per heavy atom. The van der Waals surface area contributed by atoms with Crippen molar-refractivity contribution < 1.29 is 14.3 Å². The molecule has 9 nitrogen and oxygen atoms in total. The summed E-state index contributed by atoms with van der Waals surface area (Å²) in [5.74, 6) is 0.397. The van der Waals surface area contributed by atoms with Gasteiger partial charge in [0.05, 0.1) is 12.3 Å². The number of carbonyl (C=O) groups excluding carboxylic acids is 2. The van der Waals surface area contributed by atoms with Crippen molar-refractivity contribution in [2.75, 3.05) is 25.6 Å². The Morgan fingerprint density at radius 1 is 1.37 bits per heavy atom. The van der Waals surface area contributed by atoms with Crippen molar-refractivity contribution in [1.82, 2.24) is 25.7 Å². The van der Waals surface area contributed by atoms with Crippen LogP contribution in [0.15, 0.2) is 36.4 Å². The molecule has 9 heteroatoms. The van der Waals surface area contributed by atoms with Gasteiger partial charge in [0, 0.05) is 37.7 Å². The SMILES string of the molecule is COCCNC(=O)Nc1cc(-c2ccccc2)nn1C1NC(=O)CC(C)N1. The molecule has 0 saturated carbocycles. The third-order valence-electron chi connectivity index (χ3n) is 4.11. The third kappa shape index (κ3) is 4.83. The van der Waals surface area contributed by atoms with Crippen molar-refractivity contribution in [3.8, 4) is 11.3 Å². The van der Waals surface area contributed by atoms with E-state index in [9.17, 15) is 9.59 Å². The van der Waals surface area contributed by atoms with Gasteiger partial charge in [-0.25, -0.2) is 9.48 Å². The summed E-state index contributed by atoms with van der Waals surface area (Å²) in [6.07, 6.45) is -0.156. The van der Waals surface area contributed by atoms with Crippen LogP contribution >= 0.6 is 0 Å². The molecule has 2 atom stereocenters. The zero-order valence-corrected chi connectivity index (χ0v) is 15.4. The summed E-state index contributed by atoms with van der Waals surface area (Å²) in [6, 6.07) is 11.0.